The number of nitrogens with one attached hydrogen (secondary N) is 1. The third-order valence-electron chi connectivity index (χ3n) is 3.19. The van der Waals surface area contributed by atoms with E-state index in [1.807, 2.05) is 6.08 Å². The number of halogens is 4. The van der Waals surface area contributed by atoms with E-state index in [0.29, 0.717) is 12.2 Å². The SMILES string of the molecule is NC1=C[C@H](CCc2cccc(OC(F)(F)C(F)F)c2)CN1. The molecule has 0 amide bonds. The predicted molar refractivity (Wildman–Crippen MR) is 70.1 cm³/mol. The van der Waals surface area contributed by atoms with E-state index in [1.54, 1.807) is 6.07 Å². The molecule has 1 heterocycles. The van der Waals surface area contributed by atoms with Crippen molar-refractivity contribution in [3.05, 3.63) is 41.7 Å². The third kappa shape index (κ3) is 4.27. The number of alkyl halides is 4. The van der Waals surface area contributed by atoms with Crippen LogP contribution >= 0.6 is 0 Å². The van der Waals surface area contributed by atoms with E-state index in [-0.39, 0.29) is 11.7 Å². The summed E-state index contributed by atoms with van der Waals surface area (Å²) in [6.07, 6.45) is -5.04. The molecule has 0 aliphatic carbocycles. The van der Waals surface area contributed by atoms with Crippen LogP contribution in [0.15, 0.2) is 36.2 Å². The monoisotopic (exact) mass is 304 g/mol. The summed E-state index contributed by atoms with van der Waals surface area (Å²) in [7, 11) is 0. The molecule has 3 nitrogen and oxygen atoms in total. The first-order valence-electron chi connectivity index (χ1n) is 6.52. The van der Waals surface area contributed by atoms with Gasteiger partial charge in [0.2, 0.25) is 0 Å². The number of rotatable bonds is 6. The zero-order valence-electron chi connectivity index (χ0n) is 11.2. The zero-order chi connectivity index (χ0) is 15.5. The molecule has 1 aromatic carbocycles. The zero-order valence-corrected chi connectivity index (χ0v) is 11.2. The van der Waals surface area contributed by atoms with Gasteiger partial charge in [-0.15, -0.1) is 0 Å². The Hall–Kier alpha value is -1.92. The van der Waals surface area contributed by atoms with Crippen molar-refractivity contribution in [2.45, 2.75) is 25.4 Å². The number of nitrogens with two attached hydrogens (primary N) is 1. The minimum absolute atomic E-state index is 0.266. The summed E-state index contributed by atoms with van der Waals surface area (Å²) < 4.78 is 53.9. The maximum atomic E-state index is 12.8. The molecular weight excluding hydrogens is 288 g/mol. The molecule has 0 spiro atoms. The van der Waals surface area contributed by atoms with Crippen LogP contribution < -0.4 is 15.8 Å². The second-order valence-electron chi connectivity index (χ2n) is 4.91. The summed E-state index contributed by atoms with van der Waals surface area (Å²) >= 11 is 0. The van der Waals surface area contributed by atoms with Crippen molar-refractivity contribution >= 4 is 0 Å². The average molecular weight is 304 g/mol. The van der Waals surface area contributed by atoms with Crippen molar-refractivity contribution in [1.82, 2.24) is 5.32 Å². The Morgan fingerprint density at radius 1 is 1.38 bits per heavy atom. The summed E-state index contributed by atoms with van der Waals surface area (Å²) in [5.41, 5.74) is 6.34. The Morgan fingerprint density at radius 3 is 2.76 bits per heavy atom. The highest BCUT2D eigenvalue weighted by Gasteiger charge is 2.43. The van der Waals surface area contributed by atoms with Gasteiger partial charge in [0.15, 0.2) is 0 Å². The topological polar surface area (TPSA) is 47.3 Å². The van der Waals surface area contributed by atoms with Crippen LogP contribution in [-0.2, 0) is 6.42 Å². The van der Waals surface area contributed by atoms with E-state index in [9.17, 15) is 17.6 Å². The molecule has 2 rings (SSSR count). The van der Waals surface area contributed by atoms with Crippen molar-refractivity contribution in [3.8, 4) is 5.75 Å². The molecule has 1 aliphatic rings. The molecule has 0 aromatic heterocycles. The molecule has 0 radical (unpaired) electrons. The first kappa shape index (κ1) is 15.5. The largest absolute Gasteiger partial charge is 0.461 e. The predicted octanol–water partition coefficient (Wildman–Crippen LogP) is 2.88. The first-order chi connectivity index (χ1) is 9.87. The van der Waals surface area contributed by atoms with Gasteiger partial charge in [-0.2, -0.15) is 17.6 Å². The van der Waals surface area contributed by atoms with Crippen molar-refractivity contribution in [2.24, 2.45) is 11.7 Å². The van der Waals surface area contributed by atoms with Crippen molar-refractivity contribution in [1.29, 1.82) is 0 Å². The maximum Gasteiger partial charge on any atom is 0.461 e. The van der Waals surface area contributed by atoms with Crippen LogP contribution in [-0.4, -0.2) is 19.1 Å². The highest BCUT2D eigenvalue weighted by Crippen LogP contribution is 2.28. The lowest BCUT2D eigenvalue weighted by Crippen LogP contribution is -2.33. The highest BCUT2D eigenvalue weighted by molar-refractivity contribution is 5.29. The Kier molecular flexibility index (Phi) is 4.59. The number of hydrogen-bond acceptors (Lipinski definition) is 3. The van der Waals surface area contributed by atoms with Crippen LogP contribution in [0, 0.1) is 5.92 Å². The van der Waals surface area contributed by atoms with Crippen molar-refractivity contribution in [3.63, 3.8) is 0 Å². The van der Waals surface area contributed by atoms with Gasteiger partial charge < -0.3 is 15.8 Å². The van der Waals surface area contributed by atoms with E-state index in [1.165, 1.54) is 18.2 Å². The van der Waals surface area contributed by atoms with Gasteiger partial charge in [0.25, 0.3) is 0 Å². The average Bonchev–Trinajstić information content (AvgIpc) is 2.82. The minimum Gasteiger partial charge on any atom is -0.428 e. The molecule has 0 bridgehead atoms. The molecule has 1 aliphatic heterocycles. The van der Waals surface area contributed by atoms with Gasteiger partial charge in [-0.3, -0.25) is 0 Å². The smallest absolute Gasteiger partial charge is 0.428 e. The molecule has 1 aromatic rings. The number of hydrogen-bond donors (Lipinski definition) is 2. The summed E-state index contributed by atoms with van der Waals surface area (Å²) in [6, 6.07) is 5.83. The fraction of sp³-hybridized carbons (Fsp3) is 0.429. The van der Waals surface area contributed by atoms with Crippen LogP contribution in [0.2, 0.25) is 0 Å². The summed E-state index contributed by atoms with van der Waals surface area (Å²) in [5.74, 6) is 0.642. The van der Waals surface area contributed by atoms with Crippen LogP contribution in [0.5, 0.6) is 5.75 Å². The molecule has 116 valence electrons. The van der Waals surface area contributed by atoms with Crippen LogP contribution in [0.3, 0.4) is 0 Å². The van der Waals surface area contributed by atoms with Gasteiger partial charge in [-0.05, 0) is 42.5 Å². The molecule has 0 saturated heterocycles. The highest BCUT2D eigenvalue weighted by atomic mass is 19.3. The van der Waals surface area contributed by atoms with E-state index < -0.39 is 12.5 Å². The fourth-order valence-corrected chi connectivity index (χ4v) is 2.12. The standard InChI is InChI=1S/C14H16F4N2O/c15-13(16)14(17,18)21-11-3-1-2-9(6-11)4-5-10-7-12(19)20-8-10/h1-3,6-7,10,13,20H,4-5,8,19H2/t10-/m0/s1. The van der Waals surface area contributed by atoms with Gasteiger partial charge in [-0.25, -0.2) is 0 Å². The van der Waals surface area contributed by atoms with Crippen molar-refractivity contribution in [2.75, 3.05) is 6.54 Å². The van der Waals surface area contributed by atoms with Crippen molar-refractivity contribution < 1.29 is 22.3 Å². The number of benzene rings is 1. The maximum absolute atomic E-state index is 12.8. The molecule has 0 fully saturated rings. The fourth-order valence-electron chi connectivity index (χ4n) is 2.12. The van der Waals surface area contributed by atoms with Crippen LogP contribution in [0.25, 0.3) is 0 Å². The van der Waals surface area contributed by atoms with Gasteiger partial charge >= 0.3 is 12.5 Å². The molecule has 3 N–H and O–H groups in total. The Balaban J connectivity index is 1.95. The molecule has 7 heteroatoms. The van der Waals surface area contributed by atoms with E-state index in [4.69, 9.17) is 5.73 Å². The molecular formula is C14H16F4N2O. The minimum atomic E-state index is -4.48. The van der Waals surface area contributed by atoms with Crippen LogP contribution in [0.1, 0.15) is 12.0 Å². The molecule has 0 saturated carbocycles. The van der Waals surface area contributed by atoms with Gasteiger partial charge in [0.05, 0.1) is 5.82 Å². The Labute approximate surface area is 119 Å². The van der Waals surface area contributed by atoms with Gasteiger partial charge in [0.1, 0.15) is 5.75 Å². The number of ether oxygens (including phenoxy) is 1. The molecule has 0 unspecified atom stereocenters. The van der Waals surface area contributed by atoms with Gasteiger partial charge in [0, 0.05) is 6.54 Å². The summed E-state index contributed by atoms with van der Waals surface area (Å²) in [5, 5.41) is 2.99. The van der Waals surface area contributed by atoms with Crippen LogP contribution in [0.4, 0.5) is 17.6 Å². The normalized spacial score (nSPS) is 18.5. The second-order valence-corrected chi connectivity index (χ2v) is 4.91. The Bertz CT molecular complexity index is 519. The summed E-state index contributed by atoms with van der Waals surface area (Å²) in [4.78, 5) is 0. The van der Waals surface area contributed by atoms with E-state index in [2.05, 4.69) is 10.1 Å². The first-order valence-corrected chi connectivity index (χ1v) is 6.52. The molecule has 1 atom stereocenters. The molecule has 21 heavy (non-hydrogen) atoms. The quantitative estimate of drug-likeness (QED) is 0.795. The summed E-state index contributed by atoms with van der Waals surface area (Å²) in [6.45, 7) is 0.742. The van der Waals surface area contributed by atoms with E-state index >= 15 is 0 Å². The lowest BCUT2D eigenvalue weighted by Gasteiger charge is -2.17. The lowest BCUT2D eigenvalue weighted by atomic mass is 10.0. The van der Waals surface area contributed by atoms with E-state index in [0.717, 1.165) is 18.5 Å². The third-order valence-corrected chi connectivity index (χ3v) is 3.19. The second kappa shape index (κ2) is 6.24. The lowest BCUT2D eigenvalue weighted by molar-refractivity contribution is -0.253. The van der Waals surface area contributed by atoms with Gasteiger partial charge in [-0.1, -0.05) is 12.1 Å². The Morgan fingerprint density at radius 2 is 2.14 bits per heavy atom. The number of aryl methyl sites for hydroxylation is 1.